The highest BCUT2D eigenvalue weighted by atomic mass is 16.6. The molecule has 0 unspecified atom stereocenters. The van der Waals surface area contributed by atoms with E-state index in [2.05, 4.69) is 20.2 Å². The topological polar surface area (TPSA) is 106 Å². The predicted octanol–water partition coefficient (Wildman–Crippen LogP) is 1.65. The number of anilines is 3. The molecule has 142 valence electrons. The molecular formula is C17H20N6O4. The van der Waals surface area contributed by atoms with Crippen LogP contribution < -0.4 is 19.7 Å². The van der Waals surface area contributed by atoms with Gasteiger partial charge < -0.3 is 24.6 Å². The third-order valence-corrected chi connectivity index (χ3v) is 4.59. The Morgan fingerprint density at radius 2 is 1.85 bits per heavy atom. The molecule has 1 aromatic heterocycles. The van der Waals surface area contributed by atoms with Crippen LogP contribution in [-0.4, -0.2) is 66.2 Å². The SMILES string of the molecule is CN1CCN(c2ncnc(Nc3ccc4c(c3)OCCO4)c2[N+](=O)[O-])CC1. The van der Waals surface area contributed by atoms with Gasteiger partial charge in [-0.05, 0) is 19.2 Å². The van der Waals surface area contributed by atoms with Gasteiger partial charge in [0.2, 0.25) is 11.6 Å². The first-order valence-corrected chi connectivity index (χ1v) is 8.71. The Balaban J connectivity index is 1.64. The Hall–Kier alpha value is -3.14. The number of hydrogen-bond acceptors (Lipinski definition) is 9. The summed E-state index contributed by atoms with van der Waals surface area (Å²) in [7, 11) is 2.03. The minimum Gasteiger partial charge on any atom is -0.486 e. The van der Waals surface area contributed by atoms with Crippen LogP contribution in [0.2, 0.25) is 0 Å². The van der Waals surface area contributed by atoms with Gasteiger partial charge in [0.25, 0.3) is 0 Å². The van der Waals surface area contributed by atoms with Crippen molar-refractivity contribution in [2.24, 2.45) is 0 Å². The average molecular weight is 372 g/mol. The summed E-state index contributed by atoms with van der Waals surface area (Å²) in [5.74, 6) is 1.74. The summed E-state index contributed by atoms with van der Waals surface area (Å²) in [6.07, 6.45) is 1.35. The number of likely N-dealkylation sites (N-methyl/N-ethyl adjacent to an activating group) is 1. The van der Waals surface area contributed by atoms with Crippen LogP contribution in [0.4, 0.5) is 23.0 Å². The van der Waals surface area contributed by atoms with Crippen LogP contribution in [0.15, 0.2) is 24.5 Å². The van der Waals surface area contributed by atoms with E-state index in [0.29, 0.717) is 49.3 Å². The van der Waals surface area contributed by atoms with Crippen LogP contribution in [0.3, 0.4) is 0 Å². The molecule has 0 saturated carbocycles. The molecule has 0 amide bonds. The van der Waals surface area contributed by atoms with E-state index >= 15 is 0 Å². The number of nitro groups is 1. The van der Waals surface area contributed by atoms with Gasteiger partial charge >= 0.3 is 5.69 Å². The van der Waals surface area contributed by atoms with Gasteiger partial charge in [0.1, 0.15) is 19.5 Å². The van der Waals surface area contributed by atoms with Crippen LogP contribution in [-0.2, 0) is 0 Å². The van der Waals surface area contributed by atoms with E-state index in [1.54, 1.807) is 18.2 Å². The summed E-state index contributed by atoms with van der Waals surface area (Å²) >= 11 is 0. The van der Waals surface area contributed by atoms with E-state index in [4.69, 9.17) is 9.47 Å². The second-order valence-electron chi connectivity index (χ2n) is 6.43. The van der Waals surface area contributed by atoms with Crippen LogP contribution in [0, 0.1) is 10.1 Å². The molecule has 1 aromatic carbocycles. The number of hydrogen-bond donors (Lipinski definition) is 1. The zero-order valence-electron chi connectivity index (χ0n) is 14.9. The van der Waals surface area contributed by atoms with Gasteiger partial charge in [0, 0.05) is 37.9 Å². The number of benzene rings is 1. The highest BCUT2D eigenvalue weighted by Crippen LogP contribution is 2.37. The number of fused-ring (bicyclic) bond motifs is 1. The Kier molecular flexibility index (Phi) is 4.63. The molecule has 0 spiro atoms. The maximum atomic E-state index is 11.8. The quantitative estimate of drug-likeness (QED) is 0.633. The van der Waals surface area contributed by atoms with Gasteiger partial charge in [-0.25, -0.2) is 9.97 Å². The Morgan fingerprint density at radius 1 is 1.11 bits per heavy atom. The number of aromatic nitrogens is 2. The Labute approximate surface area is 155 Å². The molecule has 2 aliphatic rings. The summed E-state index contributed by atoms with van der Waals surface area (Å²) in [5.41, 5.74) is 0.502. The van der Waals surface area contributed by atoms with Crippen molar-refractivity contribution in [2.45, 2.75) is 0 Å². The van der Waals surface area contributed by atoms with E-state index in [1.165, 1.54) is 6.33 Å². The van der Waals surface area contributed by atoms with E-state index in [-0.39, 0.29) is 11.5 Å². The third kappa shape index (κ3) is 3.56. The van der Waals surface area contributed by atoms with Gasteiger partial charge in [0.05, 0.1) is 4.92 Å². The molecular weight excluding hydrogens is 352 g/mol. The van der Waals surface area contributed by atoms with Crippen molar-refractivity contribution in [3.8, 4) is 11.5 Å². The standard InChI is InChI=1S/C17H20N6O4/c1-21-4-6-22(7-5-21)17-15(23(24)25)16(18-11-19-17)20-12-2-3-13-14(10-12)27-9-8-26-13/h2-3,10-11H,4-9H2,1H3,(H,18,19,20). The monoisotopic (exact) mass is 372 g/mol. The van der Waals surface area contributed by atoms with Gasteiger partial charge in [-0.3, -0.25) is 10.1 Å². The highest BCUT2D eigenvalue weighted by Gasteiger charge is 2.29. The second-order valence-corrected chi connectivity index (χ2v) is 6.43. The smallest absolute Gasteiger partial charge is 0.353 e. The van der Waals surface area contributed by atoms with Crippen molar-refractivity contribution in [1.82, 2.24) is 14.9 Å². The van der Waals surface area contributed by atoms with Crippen LogP contribution in [0.1, 0.15) is 0 Å². The van der Waals surface area contributed by atoms with Crippen molar-refractivity contribution < 1.29 is 14.4 Å². The highest BCUT2D eigenvalue weighted by molar-refractivity contribution is 5.75. The minimum absolute atomic E-state index is 0.128. The number of piperazine rings is 1. The number of rotatable bonds is 4. The van der Waals surface area contributed by atoms with Crippen LogP contribution in [0.25, 0.3) is 0 Å². The van der Waals surface area contributed by atoms with E-state index in [1.807, 2.05) is 11.9 Å². The molecule has 1 N–H and O–H groups in total. The molecule has 10 nitrogen and oxygen atoms in total. The molecule has 27 heavy (non-hydrogen) atoms. The lowest BCUT2D eigenvalue weighted by Gasteiger charge is -2.32. The zero-order valence-corrected chi connectivity index (χ0v) is 14.9. The van der Waals surface area contributed by atoms with E-state index < -0.39 is 4.92 Å². The van der Waals surface area contributed by atoms with Gasteiger partial charge in [-0.1, -0.05) is 0 Å². The minimum atomic E-state index is -0.437. The fourth-order valence-corrected chi connectivity index (χ4v) is 3.14. The Morgan fingerprint density at radius 3 is 2.59 bits per heavy atom. The number of nitrogens with zero attached hydrogens (tertiary/aromatic N) is 5. The molecule has 0 aliphatic carbocycles. The summed E-state index contributed by atoms with van der Waals surface area (Å²) in [4.78, 5) is 23.7. The van der Waals surface area contributed by atoms with Gasteiger partial charge in [0.15, 0.2) is 11.5 Å². The summed E-state index contributed by atoms with van der Waals surface area (Å²) in [5, 5.41) is 14.8. The van der Waals surface area contributed by atoms with Crippen molar-refractivity contribution >= 4 is 23.0 Å². The summed E-state index contributed by atoms with van der Waals surface area (Å²) in [6, 6.07) is 5.29. The molecule has 1 fully saturated rings. The van der Waals surface area contributed by atoms with Crippen LogP contribution >= 0.6 is 0 Å². The molecule has 0 radical (unpaired) electrons. The van der Waals surface area contributed by atoms with Crippen molar-refractivity contribution in [1.29, 1.82) is 0 Å². The average Bonchev–Trinajstić information content (AvgIpc) is 2.68. The second kappa shape index (κ2) is 7.23. The van der Waals surface area contributed by atoms with E-state index in [0.717, 1.165) is 13.1 Å². The largest absolute Gasteiger partial charge is 0.486 e. The molecule has 0 bridgehead atoms. The normalized spacial score (nSPS) is 16.9. The first kappa shape index (κ1) is 17.3. The fraction of sp³-hybridized carbons (Fsp3) is 0.412. The first-order valence-electron chi connectivity index (χ1n) is 8.71. The maximum Gasteiger partial charge on any atom is 0.353 e. The lowest BCUT2D eigenvalue weighted by molar-refractivity contribution is -0.383. The van der Waals surface area contributed by atoms with Crippen molar-refractivity contribution in [3.05, 3.63) is 34.6 Å². The molecule has 10 heteroatoms. The van der Waals surface area contributed by atoms with Crippen LogP contribution in [0.5, 0.6) is 11.5 Å². The molecule has 1 saturated heterocycles. The lowest BCUT2D eigenvalue weighted by Crippen LogP contribution is -2.45. The van der Waals surface area contributed by atoms with Gasteiger partial charge in [-0.2, -0.15) is 0 Å². The molecule has 3 heterocycles. The fourth-order valence-electron chi connectivity index (χ4n) is 3.14. The third-order valence-electron chi connectivity index (χ3n) is 4.59. The zero-order chi connectivity index (χ0) is 18.8. The molecule has 0 atom stereocenters. The predicted molar refractivity (Wildman–Crippen MR) is 99.1 cm³/mol. The van der Waals surface area contributed by atoms with E-state index in [9.17, 15) is 10.1 Å². The maximum absolute atomic E-state index is 11.8. The summed E-state index contributed by atoms with van der Waals surface area (Å²) in [6.45, 7) is 3.98. The molecule has 2 aliphatic heterocycles. The number of nitrogens with one attached hydrogen (secondary N) is 1. The molecule has 2 aromatic rings. The van der Waals surface area contributed by atoms with Crippen molar-refractivity contribution in [2.75, 3.05) is 56.7 Å². The molecule has 4 rings (SSSR count). The number of ether oxygens (including phenoxy) is 2. The first-order chi connectivity index (χ1) is 13.1. The van der Waals surface area contributed by atoms with Gasteiger partial charge in [-0.15, -0.1) is 0 Å². The Bertz CT molecular complexity index is 853. The summed E-state index contributed by atoms with van der Waals surface area (Å²) < 4.78 is 11.1. The lowest BCUT2D eigenvalue weighted by atomic mass is 10.2. The van der Waals surface area contributed by atoms with Crippen molar-refractivity contribution in [3.63, 3.8) is 0 Å².